The number of alkyl carbamates (subject to hydrolysis) is 1. The minimum absolute atomic E-state index is 0.307. The van der Waals surface area contributed by atoms with Crippen LogP contribution in [0.3, 0.4) is 0 Å². The van der Waals surface area contributed by atoms with E-state index >= 15 is 0 Å². The lowest BCUT2D eigenvalue weighted by Crippen LogP contribution is -2.49. The third-order valence-corrected chi connectivity index (χ3v) is 4.32. The summed E-state index contributed by atoms with van der Waals surface area (Å²) in [5, 5.41) is 6.72. The lowest BCUT2D eigenvalue weighted by atomic mass is 9.75. The van der Waals surface area contributed by atoms with E-state index < -0.39 is 5.60 Å². The molecule has 0 aliphatic heterocycles. The van der Waals surface area contributed by atoms with Crippen molar-refractivity contribution in [2.75, 3.05) is 6.54 Å². The van der Waals surface area contributed by atoms with Crippen LogP contribution in [-0.2, 0) is 4.74 Å². The minimum atomic E-state index is -0.446. The summed E-state index contributed by atoms with van der Waals surface area (Å²) in [7, 11) is 0. The van der Waals surface area contributed by atoms with E-state index in [1.165, 1.54) is 25.7 Å². The maximum Gasteiger partial charge on any atom is 0.407 e. The van der Waals surface area contributed by atoms with E-state index in [0.717, 1.165) is 6.42 Å². The molecule has 1 amide bonds. The number of nitrogens with one attached hydrogen (secondary N) is 2. The molecule has 1 aliphatic rings. The van der Waals surface area contributed by atoms with Gasteiger partial charge in [-0.3, -0.25) is 0 Å². The first kappa shape index (κ1) is 20.3. The molecule has 1 aliphatic carbocycles. The Morgan fingerprint density at radius 1 is 1.30 bits per heavy atom. The largest absolute Gasteiger partial charge is 0.444 e. The Balaban J connectivity index is 2.50. The zero-order chi connectivity index (χ0) is 17.7. The Morgan fingerprint density at radius 3 is 2.48 bits per heavy atom. The number of ether oxygens (including phenoxy) is 1. The van der Waals surface area contributed by atoms with Gasteiger partial charge in [-0.2, -0.15) is 0 Å². The molecule has 1 rings (SSSR count). The van der Waals surface area contributed by atoms with Crippen molar-refractivity contribution >= 4 is 6.09 Å². The topological polar surface area (TPSA) is 50.4 Å². The van der Waals surface area contributed by atoms with Gasteiger partial charge in [0.05, 0.1) is 0 Å². The fourth-order valence-corrected chi connectivity index (χ4v) is 3.47. The van der Waals surface area contributed by atoms with E-state index in [2.05, 4.69) is 38.3 Å². The van der Waals surface area contributed by atoms with Crippen molar-refractivity contribution in [3.63, 3.8) is 0 Å². The van der Waals surface area contributed by atoms with Crippen LogP contribution in [0.1, 0.15) is 80.6 Å². The van der Waals surface area contributed by atoms with E-state index in [0.29, 0.717) is 30.0 Å². The van der Waals surface area contributed by atoms with Crippen molar-refractivity contribution in [2.45, 2.75) is 98.3 Å². The molecular formula is C19H38N2O2. The molecule has 0 aromatic rings. The predicted molar refractivity (Wildman–Crippen MR) is 96.7 cm³/mol. The second-order valence-corrected chi connectivity index (χ2v) is 9.33. The third-order valence-electron chi connectivity index (χ3n) is 4.32. The lowest BCUT2D eigenvalue weighted by Gasteiger charge is -2.38. The number of carbonyl (C=O) groups excluding carboxylic acids is 1. The van der Waals surface area contributed by atoms with Crippen molar-refractivity contribution in [1.82, 2.24) is 10.6 Å². The van der Waals surface area contributed by atoms with E-state index in [9.17, 15) is 4.79 Å². The number of rotatable bonds is 6. The normalized spacial score (nSPS) is 22.7. The molecule has 0 spiro atoms. The van der Waals surface area contributed by atoms with Gasteiger partial charge in [0.2, 0.25) is 0 Å². The highest BCUT2D eigenvalue weighted by atomic mass is 16.6. The van der Waals surface area contributed by atoms with E-state index in [4.69, 9.17) is 4.74 Å². The van der Waals surface area contributed by atoms with Gasteiger partial charge in [-0.15, -0.1) is 0 Å². The van der Waals surface area contributed by atoms with Gasteiger partial charge < -0.3 is 15.4 Å². The minimum Gasteiger partial charge on any atom is -0.444 e. The van der Waals surface area contributed by atoms with E-state index in [-0.39, 0.29) is 6.09 Å². The summed E-state index contributed by atoms with van der Waals surface area (Å²) in [6, 6.07) is 0.865. The van der Waals surface area contributed by atoms with Crippen LogP contribution >= 0.6 is 0 Å². The summed E-state index contributed by atoms with van der Waals surface area (Å²) in [4.78, 5) is 11.9. The molecule has 0 saturated heterocycles. The molecule has 4 heteroatoms. The monoisotopic (exact) mass is 326 g/mol. The number of carbonyl (C=O) groups is 1. The molecular weight excluding hydrogens is 288 g/mol. The maximum absolute atomic E-state index is 11.9. The molecule has 0 bridgehead atoms. The molecule has 0 aromatic carbocycles. The van der Waals surface area contributed by atoms with Crippen molar-refractivity contribution in [2.24, 2.45) is 11.3 Å². The van der Waals surface area contributed by atoms with Crippen LogP contribution in [0.25, 0.3) is 0 Å². The first-order chi connectivity index (χ1) is 10.5. The Bertz CT molecular complexity index is 372. The summed E-state index contributed by atoms with van der Waals surface area (Å²) in [5.74, 6) is 0.601. The Labute approximate surface area is 143 Å². The van der Waals surface area contributed by atoms with Crippen molar-refractivity contribution < 1.29 is 9.53 Å². The van der Waals surface area contributed by atoms with Gasteiger partial charge in [0.1, 0.15) is 5.60 Å². The molecule has 136 valence electrons. The average molecular weight is 327 g/mol. The summed E-state index contributed by atoms with van der Waals surface area (Å²) < 4.78 is 5.34. The second-order valence-electron chi connectivity index (χ2n) is 9.33. The summed E-state index contributed by atoms with van der Waals surface area (Å²) in [5.41, 5.74) is -0.0185. The molecule has 1 saturated carbocycles. The van der Waals surface area contributed by atoms with Gasteiger partial charge in [0.15, 0.2) is 0 Å². The SMILES string of the molecule is CC(C)CC(CNC(=O)OC(C)(C)C)NC1CCCC(C)(C)C1. The van der Waals surface area contributed by atoms with Crippen molar-refractivity contribution in [1.29, 1.82) is 0 Å². The van der Waals surface area contributed by atoms with E-state index in [1.807, 2.05) is 20.8 Å². The molecule has 23 heavy (non-hydrogen) atoms. The lowest BCUT2D eigenvalue weighted by molar-refractivity contribution is 0.0518. The number of amides is 1. The zero-order valence-electron chi connectivity index (χ0n) is 16.3. The summed E-state index contributed by atoms with van der Waals surface area (Å²) >= 11 is 0. The fourth-order valence-electron chi connectivity index (χ4n) is 3.47. The van der Waals surface area contributed by atoms with Crippen LogP contribution in [-0.4, -0.2) is 30.3 Å². The number of hydrogen-bond donors (Lipinski definition) is 2. The molecule has 0 aromatic heterocycles. The van der Waals surface area contributed by atoms with Gasteiger partial charge in [-0.25, -0.2) is 4.79 Å². The summed E-state index contributed by atoms with van der Waals surface area (Å²) in [6.45, 7) is 15.5. The van der Waals surface area contributed by atoms with Gasteiger partial charge >= 0.3 is 6.09 Å². The highest BCUT2D eigenvalue weighted by Gasteiger charge is 2.29. The van der Waals surface area contributed by atoms with Crippen LogP contribution < -0.4 is 10.6 Å². The van der Waals surface area contributed by atoms with Crippen LogP contribution in [0.2, 0.25) is 0 Å². The molecule has 0 heterocycles. The Kier molecular flexibility index (Phi) is 7.37. The highest BCUT2D eigenvalue weighted by molar-refractivity contribution is 5.67. The van der Waals surface area contributed by atoms with E-state index in [1.54, 1.807) is 0 Å². The van der Waals surface area contributed by atoms with Gasteiger partial charge in [0.25, 0.3) is 0 Å². The molecule has 1 fully saturated rings. The zero-order valence-corrected chi connectivity index (χ0v) is 16.3. The van der Waals surface area contributed by atoms with Crippen molar-refractivity contribution in [3.05, 3.63) is 0 Å². The molecule has 2 unspecified atom stereocenters. The van der Waals surface area contributed by atoms with Gasteiger partial charge in [-0.05, 0) is 57.8 Å². The number of hydrogen-bond acceptors (Lipinski definition) is 3. The second kappa shape index (κ2) is 8.36. The molecule has 4 nitrogen and oxygen atoms in total. The third kappa shape index (κ3) is 9.19. The molecule has 2 atom stereocenters. The fraction of sp³-hybridized carbons (Fsp3) is 0.947. The van der Waals surface area contributed by atoms with Gasteiger partial charge in [-0.1, -0.05) is 34.1 Å². The molecule has 2 N–H and O–H groups in total. The predicted octanol–water partition coefficient (Wildman–Crippen LogP) is 4.48. The molecule has 0 radical (unpaired) electrons. The Hall–Kier alpha value is -0.770. The standard InChI is InChI=1S/C19H38N2O2/c1-14(2)11-16(13-20-17(22)23-18(3,4)5)21-15-9-8-10-19(6,7)12-15/h14-16,21H,8-13H2,1-7H3,(H,20,22). The quantitative estimate of drug-likeness (QED) is 0.756. The van der Waals surface area contributed by atoms with Crippen LogP contribution in [0.4, 0.5) is 4.79 Å². The van der Waals surface area contributed by atoms with Gasteiger partial charge in [0, 0.05) is 18.6 Å². The smallest absolute Gasteiger partial charge is 0.407 e. The van der Waals surface area contributed by atoms with Crippen molar-refractivity contribution in [3.8, 4) is 0 Å². The summed E-state index contributed by atoms with van der Waals surface area (Å²) in [6.07, 6.45) is 5.80. The van der Waals surface area contributed by atoms with Crippen LogP contribution in [0, 0.1) is 11.3 Å². The van der Waals surface area contributed by atoms with Crippen LogP contribution in [0.15, 0.2) is 0 Å². The highest BCUT2D eigenvalue weighted by Crippen LogP contribution is 2.35. The first-order valence-corrected chi connectivity index (χ1v) is 9.20. The maximum atomic E-state index is 11.9. The first-order valence-electron chi connectivity index (χ1n) is 9.20. The van der Waals surface area contributed by atoms with Crippen LogP contribution in [0.5, 0.6) is 0 Å². The Morgan fingerprint density at radius 2 is 1.96 bits per heavy atom. The average Bonchev–Trinajstić information content (AvgIpc) is 2.32.